The number of aryl methyl sites for hydroxylation is 2. The van der Waals surface area contributed by atoms with Crippen LogP contribution in [0.1, 0.15) is 11.5 Å². The van der Waals surface area contributed by atoms with E-state index in [-0.39, 0.29) is 0 Å². The van der Waals surface area contributed by atoms with Gasteiger partial charge in [0, 0.05) is 6.20 Å². The molecule has 0 aliphatic carbocycles. The second kappa shape index (κ2) is 2.69. The molecule has 0 atom stereocenters. The SMILES string of the molecule is Cc1nccc2nc(C)n(I)c12. The second-order valence-electron chi connectivity index (χ2n) is 2.70. The molecule has 2 heterocycles. The summed E-state index contributed by atoms with van der Waals surface area (Å²) in [6.45, 7) is 3.99. The van der Waals surface area contributed by atoms with Gasteiger partial charge >= 0.3 is 0 Å². The van der Waals surface area contributed by atoms with Gasteiger partial charge < -0.3 is 0 Å². The molecule has 0 aliphatic heterocycles. The molecule has 0 spiro atoms. The Morgan fingerprint density at radius 1 is 1.42 bits per heavy atom. The second-order valence-corrected chi connectivity index (χ2v) is 3.67. The van der Waals surface area contributed by atoms with Gasteiger partial charge in [-0.2, -0.15) is 0 Å². The van der Waals surface area contributed by atoms with Crippen LogP contribution < -0.4 is 0 Å². The molecule has 0 saturated carbocycles. The minimum Gasteiger partial charge on any atom is -0.266 e. The smallest absolute Gasteiger partial charge is 0.115 e. The predicted octanol–water partition coefficient (Wildman–Crippen LogP) is 2.25. The third-order valence-corrected chi connectivity index (χ3v) is 3.03. The highest BCUT2D eigenvalue weighted by Gasteiger charge is 2.06. The van der Waals surface area contributed by atoms with Crippen molar-refractivity contribution in [1.82, 2.24) is 12.7 Å². The summed E-state index contributed by atoms with van der Waals surface area (Å²) in [5.41, 5.74) is 3.17. The predicted molar refractivity (Wildman–Crippen MR) is 56.4 cm³/mol. The molecule has 0 saturated heterocycles. The van der Waals surface area contributed by atoms with Crippen LogP contribution in [0.3, 0.4) is 0 Å². The lowest BCUT2D eigenvalue weighted by atomic mass is 10.3. The van der Waals surface area contributed by atoms with Crippen molar-refractivity contribution in [3.05, 3.63) is 23.8 Å². The molecule has 0 fully saturated rings. The first-order chi connectivity index (χ1) is 5.70. The third kappa shape index (κ3) is 1.01. The van der Waals surface area contributed by atoms with E-state index in [9.17, 15) is 0 Å². The van der Waals surface area contributed by atoms with Crippen molar-refractivity contribution in [1.29, 1.82) is 0 Å². The zero-order valence-electron chi connectivity index (χ0n) is 6.87. The fourth-order valence-corrected chi connectivity index (χ4v) is 1.96. The highest BCUT2D eigenvalue weighted by atomic mass is 127. The van der Waals surface area contributed by atoms with Crippen LogP contribution in [-0.2, 0) is 0 Å². The van der Waals surface area contributed by atoms with Crippen molar-refractivity contribution in [2.75, 3.05) is 0 Å². The van der Waals surface area contributed by atoms with Crippen LogP contribution in [0.2, 0.25) is 0 Å². The van der Waals surface area contributed by atoms with Crippen molar-refractivity contribution >= 4 is 33.9 Å². The van der Waals surface area contributed by atoms with E-state index in [1.54, 1.807) is 6.20 Å². The van der Waals surface area contributed by atoms with Gasteiger partial charge in [0.05, 0.1) is 39.6 Å². The van der Waals surface area contributed by atoms with E-state index in [1.807, 2.05) is 22.7 Å². The molecule has 12 heavy (non-hydrogen) atoms. The first-order valence-electron chi connectivity index (χ1n) is 3.67. The molecule has 0 amide bonds. The van der Waals surface area contributed by atoms with E-state index >= 15 is 0 Å². The Hall–Kier alpha value is -0.650. The summed E-state index contributed by atoms with van der Waals surface area (Å²) in [7, 11) is 0. The lowest BCUT2D eigenvalue weighted by Gasteiger charge is -1.96. The number of hydrogen-bond donors (Lipinski definition) is 0. The number of fused-ring (bicyclic) bond motifs is 1. The monoisotopic (exact) mass is 273 g/mol. The summed E-state index contributed by atoms with van der Waals surface area (Å²) in [6.07, 6.45) is 1.79. The van der Waals surface area contributed by atoms with E-state index in [2.05, 4.69) is 32.8 Å². The van der Waals surface area contributed by atoms with Crippen LogP contribution in [-0.4, -0.2) is 12.7 Å². The number of imidazole rings is 1. The summed E-state index contributed by atoms with van der Waals surface area (Å²) >= 11 is 2.24. The average Bonchev–Trinajstić information content (AvgIpc) is 2.29. The normalized spacial score (nSPS) is 10.9. The maximum Gasteiger partial charge on any atom is 0.115 e. The molecule has 0 aromatic carbocycles. The van der Waals surface area contributed by atoms with Gasteiger partial charge in [-0.1, -0.05) is 0 Å². The summed E-state index contributed by atoms with van der Waals surface area (Å²) in [5.74, 6) is 1.02. The molecule has 4 heteroatoms. The zero-order chi connectivity index (χ0) is 8.72. The Balaban J connectivity index is 2.97. The number of pyridine rings is 1. The number of rotatable bonds is 0. The van der Waals surface area contributed by atoms with Gasteiger partial charge in [-0.3, -0.25) is 7.76 Å². The van der Waals surface area contributed by atoms with Gasteiger partial charge in [0.1, 0.15) is 5.82 Å². The van der Waals surface area contributed by atoms with E-state index in [1.165, 1.54) is 0 Å². The minimum absolute atomic E-state index is 1.02. The van der Waals surface area contributed by atoms with Gasteiger partial charge in [-0.05, 0) is 19.9 Å². The van der Waals surface area contributed by atoms with Crippen LogP contribution in [0.25, 0.3) is 11.0 Å². The van der Waals surface area contributed by atoms with Crippen LogP contribution in [0.5, 0.6) is 0 Å². The first kappa shape index (κ1) is 7.97. The lowest BCUT2D eigenvalue weighted by Crippen LogP contribution is -1.86. The van der Waals surface area contributed by atoms with Crippen LogP contribution in [0, 0.1) is 13.8 Å². The van der Waals surface area contributed by atoms with Gasteiger partial charge in [-0.15, -0.1) is 0 Å². The summed E-state index contributed by atoms with van der Waals surface area (Å²) in [5, 5.41) is 0. The van der Waals surface area contributed by atoms with E-state index in [0.29, 0.717) is 0 Å². The Morgan fingerprint density at radius 3 is 2.83 bits per heavy atom. The molecule has 0 aliphatic rings. The Morgan fingerprint density at radius 2 is 2.17 bits per heavy atom. The molecule has 0 radical (unpaired) electrons. The molecular formula is C8H8IN3. The van der Waals surface area contributed by atoms with E-state index in [0.717, 1.165) is 22.6 Å². The maximum atomic E-state index is 4.39. The van der Waals surface area contributed by atoms with E-state index in [4.69, 9.17) is 0 Å². The molecule has 2 aromatic rings. The minimum atomic E-state index is 1.02. The van der Waals surface area contributed by atoms with Crippen LogP contribution in [0.4, 0.5) is 0 Å². The van der Waals surface area contributed by atoms with E-state index < -0.39 is 0 Å². The zero-order valence-corrected chi connectivity index (χ0v) is 9.03. The highest BCUT2D eigenvalue weighted by molar-refractivity contribution is 14.1. The fourth-order valence-electron chi connectivity index (χ4n) is 1.26. The third-order valence-electron chi connectivity index (χ3n) is 1.85. The lowest BCUT2D eigenvalue weighted by molar-refractivity contribution is 1.14. The number of nitrogens with zero attached hydrogens (tertiary/aromatic N) is 3. The van der Waals surface area contributed by atoms with Crippen LogP contribution >= 0.6 is 22.9 Å². The Bertz CT molecular complexity index is 433. The summed E-state index contributed by atoms with van der Waals surface area (Å²) in [6, 6.07) is 1.94. The maximum absolute atomic E-state index is 4.39. The van der Waals surface area contributed by atoms with Crippen molar-refractivity contribution in [3.63, 3.8) is 0 Å². The largest absolute Gasteiger partial charge is 0.266 e. The van der Waals surface area contributed by atoms with Gasteiger partial charge in [0.2, 0.25) is 0 Å². The van der Waals surface area contributed by atoms with Gasteiger partial charge in [0.25, 0.3) is 0 Å². The number of hydrogen-bond acceptors (Lipinski definition) is 2. The molecule has 2 rings (SSSR count). The Kier molecular flexibility index (Phi) is 1.79. The molecule has 0 unspecified atom stereocenters. The molecule has 0 N–H and O–H groups in total. The standard InChI is InChI=1S/C8H8IN3/c1-5-8-7(3-4-10-5)11-6(2)12(8)9/h3-4H,1-2H3. The van der Waals surface area contributed by atoms with Crippen molar-refractivity contribution in [2.45, 2.75) is 13.8 Å². The van der Waals surface area contributed by atoms with Crippen molar-refractivity contribution in [2.24, 2.45) is 0 Å². The fraction of sp³-hybridized carbons (Fsp3) is 0.250. The van der Waals surface area contributed by atoms with Gasteiger partial charge in [0.15, 0.2) is 0 Å². The highest BCUT2D eigenvalue weighted by Crippen LogP contribution is 2.19. The molecule has 62 valence electrons. The average molecular weight is 273 g/mol. The summed E-state index contributed by atoms with van der Waals surface area (Å²) < 4.78 is 2.04. The number of aromatic nitrogens is 3. The van der Waals surface area contributed by atoms with Crippen molar-refractivity contribution < 1.29 is 0 Å². The van der Waals surface area contributed by atoms with Gasteiger partial charge in [-0.25, -0.2) is 4.98 Å². The topological polar surface area (TPSA) is 30.7 Å². The molecule has 0 bridgehead atoms. The quantitative estimate of drug-likeness (QED) is 0.689. The molecule has 2 aromatic heterocycles. The molecular weight excluding hydrogens is 265 g/mol. The Labute approximate surface area is 84.3 Å². The number of halogens is 1. The summed E-state index contributed by atoms with van der Waals surface area (Å²) in [4.78, 5) is 8.60. The van der Waals surface area contributed by atoms with Crippen LogP contribution in [0.15, 0.2) is 12.3 Å². The molecule has 3 nitrogen and oxygen atoms in total. The van der Waals surface area contributed by atoms with Crippen molar-refractivity contribution in [3.8, 4) is 0 Å². The first-order valence-corrected chi connectivity index (χ1v) is 4.63.